The molecule has 0 aliphatic rings. The minimum atomic E-state index is 0.0329. The Labute approximate surface area is 106 Å². The monoisotopic (exact) mass is 238 g/mol. The number of allylic oxidation sites excluding steroid dienone is 1. The van der Waals surface area contributed by atoms with Crippen molar-refractivity contribution in [2.24, 2.45) is 0 Å². The van der Waals surface area contributed by atoms with E-state index >= 15 is 0 Å². The van der Waals surface area contributed by atoms with Crippen molar-refractivity contribution in [3.63, 3.8) is 0 Å². The summed E-state index contributed by atoms with van der Waals surface area (Å²) in [5.41, 5.74) is 8.04. The van der Waals surface area contributed by atoms with Crippen molar-refractivity contribution in [1.82, 2.24) is 4.98 Å². The maximum Gasteiger partial charge on any atom is 0.161 e. The summed E-state index contributed by atoms with van der Waals surface area (Å²) in [7, 11) is 0. The molecule has 0 amide bonds. The maximum atomic E-state index is 11.7. The quantitative estimate of drug-likeness (QED) is 0.657. The Morgan fingerprint density at radius 1 is 1.17 bits per heavy atom. The van der Waals surface area contributed by atoms with Gasteiger partial charge in [-0.25, -0.2) is 0 Å². The molecule has 0 radical (unpaired) electrons. The molecule has 0 saturated carbocycles. The lowest BCUT2D eigenvalue weighted by molar-refractivity contribution is -0.114. The first-order valence-corrected chi connectivity index (χ1v) is 5.70. The van der Waals surface area contributed by atoms with Crippen molar-refractivity contribution >= 4 is 17.5 Å². The molecular formula is C15H14N2O. The highest BCUT2D eigenvalue weighted by atomic mass is 16.1. The van der Waals surface area contributed by atoms with E-state index in [9.17, 15) is 4.79 Å². The SMILES string of the molecule is Nc1ccc(/C=C/C(=O)Cc2ccccn2)cc1. The smallest absolute Gasteiger partial charge is 0.161 e. The fourth-order valence-electron chi connectivity index (χ4n) is 1.54. The number of pyridine rings is 1. The average molecular weight is 238 g/mol. The summed E-state index contributed by atoms with van der Waals surface area (Å²) < 4.78 is 0. The first-order chi connectivity index (χ1) is 8.74. The molecule has 0 bridgehead atoms. The Bertz CT molecular complexity index is 544. The zero-order chi connectivity index (χ0) is 12.8. The molecular weight excluding hydrogens is 224 g/mol. The number of rotatable bonds is 4. The molecule has 3 heteroatoms. The van der Waals surface area contributed by atoms with E-state index in [0.717, 1.165) is 11.3 Å². The number of carbonyl (C=O) groups excluding carboxylic acids is 1. The fourth-order valence-corrected chi connectivity index (χ4v) is 1.54. The van der Waals surface area contributed by atoms with E-state index in [1.807, 2.05) is 42.5 Å². The summed E-state index contributed by atoms with van der Waals surface area (Å²) in [6.45, 7) is 0. The molecule has 1 aromatic heterocycles. The van der Waals surface area contributed by atoms with Gasteiger partial charge in [0.1, 0.15) is 0 Å². The molecule has 0 saturated heterocycles. The molecule has 3 nitrogen and oxygen atoms in total. The number of hydrogen-bond donors (Lipinski definition) is 1. The van der Waals surface area contributed by atoms with E-state index in [4.69, 9.17) is 5.73 Å². The molecule has 2 rings (SSSR count). The van der Waals surface area contributed by atoms with E-state index < -0.39 is 0 Å². The normalized spacial score (nSPS) is 10.7. The van der Waals surface area contributed by atoms with Crippen molar-refractivity contribution in [2.75, 3.05) is 5.73 Å². The lowest BCUT2D eigenvalue weighted by Gasteiger charge is -1.96. The summed E-state index contributed by atoms with van der Waals surface area (Å²) in [6, 6.07) is 12.9. The fraction of sp³-hybridized carbons (Fsp3) is 0.0667. The molecule has 0 aliphatic carbocycles. The van der Waals surface area contributed by atoms with Crippen LogP contribution in [0.5, 0.6) is 0 Å². The van der Waals surface area contributed by atoms with Crippen molar-refractivity contribution in [3.8, 4) is 0 Å². The number of nitrogens with two attached hydrogens (primary N) is 1. The zero-order valence-electron chi connectivity index (χ0n) is 9.91. The van der Waals surface area contributed by atoms with Gasteiger partial charge in [0.05, 0.1) is 6.42 Å². The topological polar surface area (TPSA) is 56.0 Å². The second kappa shape index (κ2) is 5.77. The molecule has 1 aromatic carbocycles. The molecule has 1 heterocycles. The van der Waals surface area contributed by atoms with E-state index in [1.165, 1.54) is 0 Å². The third kappa shape index (κ3) is 3.56. The maximum absolute atomic E-state index is 11.7. The lowest BCUT2D eigenvalue weighted by Crippen LogP contribution is -1.99. The van der Waals surface area contributed by atoms with Crippen LogP contribution in [0.4, 0.5) is 5.69 Å². The van der Waals surface area contributed by atoms with Gasteiger partial charge in [-0.1, -0.05) is 24.3 Å². The van der Waals surface area contributed by atoms with Crippen LogP contribution >= 0.6 is 0 Å². The van der Waals surface area contributed by atoms with Gasteiger partial charge >= 0.3 is 0 Å². The van der Waals surface area contributed by atoms with E-state index in [2.05, 4.69) is 4.98 Å². The second-order valence-corrected chi connectivity index (χ2v) is 3.96. The van der Waals surface area contributed by atoms with Crippen LogP contribution in [-0.4, -0.2) is 10.8 Å². The van der Waals surface area contributed by atoms with Gasteiger partial charge in [-0.15, -0.1) is 0 Å². The molecule has 0 unspecified atom stereocenters. The van der Waals surface area contributed by atoms with Crippen molar-refractivity contribution < 1.29 is 4.79 Å². The Balaban J connectivity index is 1.97. The summed E-state index contributed by atoms with van der Waals surface area (Å²) in [6.07, 6.45) is 5.36. The van der Waals surface area contributed by atoms with Gasteiger partial charge in [0.15, 0.2) is 5.78 Å². The number of ketones is 1. The van der Waals surface area contributed by atoms with Gasteiger partial charge in [-0.3, -0.25) is 9.78 Å². The number of nitrogen functional groups attached to an aromatic ring is 1. The number of carbonyl (C=O) groups is 1. The van der Waals surface area contributed by atoms with Crippen LogP contribution in [0.1, 0.15) is 11.3 Å². The molecule has 0 spiro atoms. The van der Waals surface area contributed by atoms with Gasteiger partial charge in [0, 0.05) is 17.6 Å². The van der Waals surface area contributed by atoms with Crippen molar-refractivity contribution in [2.45, 2.75) is 6.42 Å². The predicted octanol–water partition coefficient (Wildman–Crippen LogP) is 2.49. The van der Waals surface area contributed by atoms with Gasteiger partial charge in [0.25, 0.3) is 0 Å². The molecule has 90 valence electrons. The Morgan fingerprint density at radius 2 is 1.94 bits per heavy atom. The molecule has 0 fully saturated rings. The zero-order valence-corrected chi connectivity index (χ0v) is 9.91. The van der Waals surface area contributed by atoms with Crippen LogP contribution in [0.25, 0.3) is 6.08 Å². The third-order valence-corrected chi connectivity index (χ3v) is 2.48. The van der Waals surface area contributed by atoms with Crippen molar-refractivity contribution in [1.29, 1.82) is 0 Å². The van der Waals surface area contributed by atoms with Crippen LogP contribution in [0.2, 0.25) is 0 Å². The van der Waals surface area contributed by atoms with Gasteiger partial charge in [0.2, 0.25) is 0 Å². The highest BCUT2D eigenvalue weighted by Crippen LogP contribution is 2.07. The Hall–Kier alpha value is -2.42. The second-order valence-electron chi connectivity index (χ2n) is 3.96. The molecule has 0 aliphatic heterocycles. The highest BCUT2D eigenvalue weighted by molar-refractivity contribution is 5.94. The largest absolute Gasteiger partial charge is 0.399 e. The van der Waals surface area contributed by atoms with Gasteiger partial charge in [-0.05, 0) is 35.9 Å². The predicted molar refractivity (Wildman–Crippen MR) is 72.8 cm³/mol. The van der Waals surface area contributed by atoms with Gasteiger partial charge in [-0.2, -0.15) is 0 Å². The molecule has 2 aromatic rings. The van der Waals surface area contributed by atoms with Crippen LogP contribution < -0.4 is 5.73 Å². The van der Waals surface area contributed by atoms with Crippen LogP contribution in [0, 0.1) is 0 Å². The number of aromatic nitrogens is 1. The van der Waals surface area contributed by atoms with E-state index in [-0.39, 0.29) is 5.78 Å². The molecule has 18 heavy (non-hydrogen) atoms. The van der Waals surface area contributed by atoms with E-state index in [0.29, 0.717) is 12.1 Å². The molecule has 0 atom stereocenters. The minimum Gasteiger partial charge on any atom is -0.399 e. The summed E-state index contributed by atoms with van der Waals surface area (Å²) in [4.78, 5) is 15.8. The number of anilines is 1. The van der Waals surface area contributed by atoms with Crippen LogP contribution in [0.15, 0.2) is 54.7 Å². The van der Waals surface area contributed by atoms with Crippen molar-refractivity contribution in [3.05, 3.63) is 66.0 Å². The highest BCUT2D eigenvalue weighted by Gasteiger charge is 1.99. The first kappa shape index (κ1) is 12.0. The summed E-state index contributed by atoms with van der Waals surface area (Å²) in [5.74, 6) is 0.0329. The Kier molecular flexibility index (Phi) is 3.86. The Morgan fingerprint density at radius 3 is 2.61 bits per heavy atom. The lowest BCUT2D eigenvalue weighted by atomic mass is 10.1. The number of nitrogens with zero attached hydrogens (tertiary/aromatic N) is 1. The van der Waals surface area contributed by atoms with Crippen LogP contribution in [-0.2, 0) is 11.2 Å². The average Bonchev–Trinajstić information content (AvgIpc) is 2.39. The van der Waals surface area contributed by atoms with Gasteiger partial charge < -0.3 is 5.73 Å². The standard InChI is InChI=1S/C15H14N2O/c16-13-7-4-12(5-8-13)6-9-15(18)11-14-3-1-2-10-17-14/h1-10H,11,16H2/b9-6+. The third-order valence-electron chi connectivity index (χ3n) is 2.48. The number of benzene rings is 1. The van der Waals surface area contributed by atoms with E-state index in [1.54, 1.807) is 18.3 Å². The number of hydrogen-bond acceptors (Lipinski definition) is 3. The first-order valence-electron chi connectivity index (χ1n) is 5.70. The summed E-state index contributed by atoms with van der Waals surface area (Å²) >= 11 is 0. The minimum absolute atomic E-state index is 0.0329. The molecule has 2 N–H and O–H groups in total. The summed E-state index contributed by atoms with van der Waals surface area (Å²) in [5, 5.41) is 0. The van der Waals surface area contributed by atoms with Crippen LogP contribution in [0.3, 0.4) is 0 Å².